The number of allylic oxidation sites excluding steroid dienone is 1. The highest BCUT2D eigenvalue weighted by molar-refractivity contribution is 5.94. The van der Waals surface area contributed by atoms with Gasteiger partial charge in [0.1, 0.15) is 30.3 Å². The van der Waals surface area contributed by atoms with E-state index in [1.165, 1.54) is 32.1 Å². The molecule has 0 spiro atoms. The lowest BCUT2D eigenvalue weighted by molar-refractivity contribution is -0.144. The van der Waals surface area contributed by atoms with Crippen molar-refractivity contribution in [3.63, 3.8) is 0 Å². The molecule has 0 radical (unpaired) electrons. The Morgan fingerprint density at radius 1 is 1.23 bits per heavy atom. The summed E-state index contributed by atoms with van der Waals surface area (Å²) in [6, 6.07) is 4.43. The highest BCUT2D eigenvalue weighted by atomic mass is 19.4. The summed E-state index contributed by atoms with van der Waals surface area (Å²) in [5.41, 5.74) is -0.814. The molecule has 1 rings (SSSR count). The summed E-state index contributed by atoms with van der Waals surface area (Å²) in [5, 5.41) is 0. The van der Waals surface area contributed by atoms with E-state index in [0.717, 1.165) is 12.1 Å². The third-order valence-corrected chi connectivity index (χ3v) is 2.45. The van der Waals surface area contributed by atoms with Gasteiger partial charge in [-0.2, -0.15) is 13.2 Å². The van der Waals surface area contributed by atoms with Gasteiger partial charge in [0.2, 0.25) is 0 Å². The molecule has 0 saturated heterocycles. The number of benzene rings is 1. The highest BCUT2D eigenvalue weighted by Crippen LogP contribution is 2.31. The number of ketones is 1. The van der Waals surface area contributed by atoms with Crippen LogP contribution in [0.4, 0.5) is 13.2 Å². The topological polar surface area (TPSA) is 52.6 Å². The van der Waals surface area contributed by atoms with Gasteiger partial charge in [-0.25, -0.2) is 0 Å². The second-order valence-corrected chi connectivity index (χ2v) is 4.50. The van der Waals surface area contributed by atoms with E-state index in [9.17, 15) is 22.8 Å². The summed E-state index contributed by atoms with van der Waals surface area (Å²) in [4.78, 5) is 21.8. The third kappa shape index (κ3) is 6.43. The quantitative estimate of drug-likeness (QED) is 0.458. The van der Waals surface area contributed by atoms with E-state index < -0.39 is 17.7 Å². The van der Waals surface area contributed by atoms with E-state index in [0.29, 0.717) is 0 Å². The van der Waals surface area contributed by atoms with Crippen molar-refractivity contribution in [1.82, 2.24) is 0 Å². The standard InChI is InChI=1S/C15H15F3O4/c1-10(19)8-14(20)21-7-6-11(2)22-13-5-3-4-12(9-13)15(16,17)18/h3-6,9H,7-8H2,1-2H3. The predicted octanol–water partition coefficient (Wildman–Crippen LogP) is 3.51. The Morgan fingerprint density at radius 2 is 1.91 bits per heavy atom. The molecule has 120 valence electrons. The number of carbonyl (C=O) groups is 2. The predicted molar refractivity (Wildman–Crippen MR) is 72.1 cm³/mol. The molecule has 0 aliphatic heterocycles. The Morgan fingerprint density at radius 3 is 2.50 bits per heavy atom. The fourth-order valence-corrected chi connectivity index (χ4v) is 1.47. The molecule has 4 nitrogen and oxygen atoms in total. The average molecular weight is 316 g/mol. The number of hydrogen-bond donors (Lipinski definition) is 0. The summed E-state index contributed by atoms with van der Waals surface area (Å²) in [6.07, 6.45) is -3.38. The Kier molecular flexibility index (Phi) is 6.15. The molecular weight excluding hydrogens is 301 g/mol. The summed E-state index contributed by atoms with van der Waals surface area (Å²) >= 11 is 0. The molecule has 0 unspecified atom stereocenters. The monoisotopic (exact) mass is 316 g/mol. The summed E-state index contributed by atoms with van der Waals surface area (Å²) in [7, 11) is 0. The lowest BCUT2D eigenvalue weighted by Gasteiger charge is -2.10. The van der Waals surface area contributed by atoms with Crippen LogP contribution >= 0.6 is 0 Å². The van der Waals surface area contributed by atoms with Crippen LogP contribution < -0.4 is 4.74 Å². The summed E-state index contributed by atoms with van der Waals surface area (Å²) in [5.74, 6) is -0.685. The molecule has 0 heterocycles. The van der Waals surface area contributed by atoms with Crippen LogP contribution in [0.3, 0.4) is 0 Å². The molecule has 1 aromatic carbocycles. The lowest BCUT2D eigenvalue weighted by atomic mass is 10.2. The van der Waals surface area contributed by atoms with Crippen molar-refractivity contribution < 1.29 is 32.2 Å². The molecule has 0 amide bonds. The van der Waals surface area contributed by atoms with Crippen LogP contribution in [0.2, 0.25) is 0 Å². The minimum atomic E-state index is -4.45. The molecule has 0 aliphatic carbocycles. The normalized spacial score (nSPS) is 12.0. The molecular formula is C15H15F3O4. The van der Waals surface area contributed by atoms with Crippen LogP contribution in [0.1, 0.15) is 25.8 Å². The molecule has 0 saturated carbocycles. The van der Waals surface area contributed by atoms with Crippen molar-refractivity contribution in [3.05, 3.63) is 41.7 Å². The van der Waals surface area contributed by atoms with E-state index in [-0.39, 0.29) is 30.3 Å². The maximum absolute atomic E-state index is 12.5. The van der Waals surface area contributed by atoms with Gasteiger partial charge >= 0.3 is 12.1 Å². The number of ether oxygens (including phenoxy) is 2. The minimum absolute atomic E-state index is 0.0265. The number of Topliss-reactive ketones (excluding diaryl/α,β-unsaturated/α-hetero) is 1. The van der Waals surface area contributed by atoms with Crippen molar-refractivity contribution in [2.24, 2.45) is 0 Å². The minimum Gasteiger partial charge on any atom is -0.462 e. The number of halogens is 3. The fourth-order valence-electron chi connectivity index (χ4n) is 1.47. The summed E-state index contributed by atoms with van der Waals surface area (Å²) < 4.78 is 47.6. The van der Waals surface area contributed by atoms with Gasteiger partial charge in [0.05, 0.1) is 5.56 Å². The molecule has 0 N–H and O–H groups in total. The zero-order valence-corrected chi connectivity index (χ0v) is 12.1. The van der Waals surface area contributed by atoms with Gasteiger partial charge < -0.3 is 9.47 Å². The van der Waals surface area contributed by atoms with Crippen LogP contribution in [-0.2, 0) is 20.5 Å². The molecule has 0 fully saturated rings. The maximum atomic E-state index is 12.5. The first-order chi connectivity index (χ1) is 10.2. The first-order valence-corrected chi connectivity index (χ1v) is 6.35. The van der Waals surface area contributed by atoms with Gasteiger partial charge in [-0.3, -0.25) is 9.59 Å². The van der Waals surface area contributed by atoms with Crippen LogP contribution in [0.15, 0.2) is 36.1 Å². The number of hydrogen-bond acceptors (Lipinski definition) is 4. The Balaban J connectivity index is 2.57. The zero-order chi connectivity index (χ0) is 16.8. The fraction of sp³-hybridized carbons (Fsp3) is 0.333. The van der Waals surface area contributed by atoms with E-state index in [1.54, 1.807) is 0 Å². The van der Waals surface area contributed by atoms with E-state index >= 15 is 0 Å². The number of rotatable bonds is 6. The van der Waals surface area contributed by atoms with Crippen molar-refractivity contribution in [3.8, 4) is 5.75 Å². The van der Waals surface area contributed by atoms with Gasteiger partial charge in [0.25, 0.3) is 0 Å². The van der Waals surface area contributed by atoms with Crippen LogP contribution in [0.25, 0.3) is 0 Å². The number of alkyl halides is 3. The van der Waals surface area contributed by atoms with Gasteiger partial charge in [-0.05, 0) is 38.1 Å². The smallest absolute Gasteiger partial charge is 0.416 e. The van der Waals surface area contributed by atoms with Crippen LogP contribution in [0.5, 0.6) is 5.75 Å². The highest BCUT2D eigenvalue weighted by Gasteiger charge is 2.30. The largest absolute Gasteiger partial charge is 0.462 e. The molecule has 22 heavy (non-hydrogen) atoms. The Bertz CT molecular complexity index is 576. The maximum Gasteiger partial charge on any atom is 0.416 e. The van der Waals surface area contributed by atoms with E-state index in [1.807, 2.05) is 0 Å². The number of esters is 1. The molecule has 0 bridgehead atoms. The number of carbonyl (C=O) groups excluding carboxylic acids is 2. The second-order valence-electron chi connectivity index (χ2n) is 4.50. The first kappa shape index (κ1) is 17.7. The third-order valence-electron chi connectivity index (χ3n) is 2.45. The average Bonchev–Trinajstić information content (AvgIpc) is 2.37. The van der Waals surface area contributed by atoms with E-state index in [2.05, 4.69) is 0 Å². The molecule has 7 heteroatoms. The van der Waals surface area contributed by atoms with Gasteiger partial charge in [0.15, 0.2) is 0 Å². The van der Waals surface area contributed by atoms with E-state index in [4.69, 9.17) is 9.47 Å². The Hall–Kier alpha value is -2.31. The molecule has 0 aliphatic rings. The molecule has 1 aromatic rings. The van der Waals surface area contributed by atoms with Crippen molar-refractivity contribution in [2.45, 2.75) is 26.4 Å². The van der Waals surface area contributed by atoms with Crippen LogP contribution in [-0.4, -0.2) is 18.4 Å². The second kappa shape index (κ2) is 7.63. The van der Waals surface area contributed by atoms with Crippen LogP contribution in [0, 0.1) is 0 Å². The molecule has 0 aromatic heterocycles. The zero-order valence-electron chi connectivity index (χ0n) is 12.1. The molecule has 0 atom stereocenters. The van der Waals surface area contributed by atoms with Gasteiger partial charge in [-0.15, -0.1) is 0 Å². The van der Waals surface area contributed by atoms with Crippen molar-refractivity contribution in [1.29, 1.82) is 0 Å². The first-order valence-electron chi connectivity index (χ1n) is 6.35. The van der Waals surface area contributed by atoms with Gasteiger partial charge in [0, 0.05) is 0 Å². The van der Waals surface area contributed by atoms with Crippen molar-refractivity contribution >= 4 is 11.8 Å². The SMILES string of the molecule is CC(=O)CC(=O)OCC=C(C)Oc1cccc(C(F)(F)F)c1. The lowest BCUT2D eigenvalue weighted by Crippen LogP contribution is -2.09. The summed E-state index contributed by atoms with van der Waals surface area (Å²) in [6.45, 7) is 2.65. The van der Waals surface area contributed by atoms with Gasteiger partial charge in [-0.1, -0.05) is 6.07 Å². The van der Waals surface area contributed by atoms with Crippen molar-refractivity contribution in [2.75, 3.05) is 6.61 Å². The Labute approximate surface area is 125 Å².